The molecule has 0 saturated heterocycles. The van der Waals surface area contributed by atoms with Crippen LogP contribution in [0.25, 0.3) is 10.8 Å². The number of hydrogen-bond acceptors (Lipinski definition) is 4. The maximum absolute atomic E-state index is 11.4. The lowest BCUT2D eigenvalue weighted by Crippen LogP contribution is -2.26. The minimum Gasteiger partial charge on any atom is -0.491 e. The van der Waals surface area contributed by atoms with E-state index in [0.717, 1.165) is 11.1 Å². The summed E-state index contributed by atoms with van der Waals surface area (Å²) in [4.78, 5) is 11.4. The Bertz CT molecular complexity index is 708. The Hall–Kier alpha value is -2.33. The lowest BCUT2D eigenvalue weighted by molar-refractivity contribution is -0.147. The molecule has 0 saturated carbocycles. The average molecular weight is 328 g/mol. The molecule has 0 fully saturated rings. The summed E-state index contributed by atoms with van der Waals surface area (Å²) in [5, 5.41) is 2.33. The van der Waals surface area contributed by atoms with Gasteiger partial charge in [0.1, 0.15) is 18.5 Å². The van der Waals surface area contributed by atoms with Crippen LogP contribution in [0.1, 0.15) is 20.8 Å². The predicted molar refractivity (Wildman–Crippen MR) is 95.2 cm³/mol. The minimum absolute atomic E-state index is 0.109. The van der Waals surface area contributed by atoms with E-state index in [-0.39, 0.29) is 12.2 Å². The second-order valence-corrected chi connectivity index (χ2v) is 5.96. The number of carbonyl (C=O) groups is 1. The Morgan fingerprint density at radius 3 is 2.46 bits per heavy atom. The fraction of sp³-hybridized carbons (Fsp3) is 0.350. The third kappa shape index (κ3) is 5.39. The van der Waals surface area contributed by atoms with E-state index in [1.807, 2.05) is 37.3 Å². The molecule has 2 unspecified atom stereocenters. The molecule has 2 aromatic carbocycles. The van der Waals surface area contributed by atoms with Crippen LogP contribution in [0.4, 0.5) is 0 Å². The molecule has 0 bridgehead atoms. The van der Waals surface area contributed by atoms with Crippen molar-refractivity contribution < 1.29 is 19.0 Å². The van der Waals surface area contributed by atoms with Gasteiger partial charge >= 0.3 is 5.97 Å². The van der Waals surface area contributed by atoms with Gasteiger partial charge in [0.2, 0.25) is 0 Å². The van der Waals surface area contributed by atoms with Crippen LogP contribution in [-0.2, 0) is 14.3 Å². The summed E-state index contributed by atoms with van der Waals surface area (Å²) in [6.07, 6.45) is -0.431. The number of fused-ring (bicyclic) bond motifs is 1. The van der Waals surface area contributed by atoms with Gasteiger partial charge in [0.25, 0.3) is 0 Å². The van der Waals surface area contributed by atoms with Crippen molar-refractivity contribution in [3.63, 3.8) is 0 Å². The Morgan fingerprint density at radius 2 is 1.75 bits per heavy atom. The van der Waals surface area contributed by atoms with Crippen LogP contribution < -0.4 is 4.74 Å². The number of ether oxygens (including phenoxy) is 3. The number of rotatable bonds is 8. The van der Waals surface area contributed by atoms with Crippen molar-refractivity contribution in [2.24, 2.45) is 0 Å². The third-order valence-electron chi connectivity index (χ3n) is 3.48. The van der Waals surface area contributed by atoms with E-state index >= 15 is 0 Å². The van der Waals surface area contributed by atoms with Crippen LogP contribution in [0.15, 0.2) is 54.6 Å². The Morgan fingerprint density at radius 1 is 1.04 bits per heavy atom. The van der Waals surface area contributed by atoms with Crippen molar-refractivity contribution in [1.82, 2.24) is 0 Å². The molecule has 0 aliphatic rings. The molecular weight excluding hydrogens is 304 g/mol. The molecule has 0 amide bonds. The smallest absolute Gasteiger partial charge is 0.333 e. The summed E-state index contributed by atoms with van der Waals surface area (Å²) < 4.78 is 16.6. The van der Waals surface area contributed by atoms with E-state index in [2.05, 4.69) is 18.7 Å². The van der Waals surface area contributed by atoms with E-state index < -0.39 is 5.97 Å². The lowest BCUT2D eigenvalue weighted by Gasteiger charge is -2.18. The highest BCUT2D eigenvalue weighted by Crippen LogP contribution is 2.20. The predicted octanol–water partition coefficient (Wildman–Crippen LogP) is 4.13. The second-order valence-electron chi connectivity index (χ2n) is 5.96. The fourth-order valence-electron chi connectivity index (χ4n) is 2.14. The van der Waals surface area contributed by atoms with Crippen LogP contribution in [0.5, 0.6) is 5.75 Å². The maximum Gasteiger partial charge on any atom is 0.333 e. The van der Waals surface area contributed by atoms with Crippen molar-refractivity contribution in [2.45, 2.75) is 33.0 Å². The summed E-state index contributed by atoms with van der Waals surface area (Å²) in [7, 11) is 0. The molecule has 0 aliphatic carbocycles. The molecule has 2 aromatic rings. The van der Waals surface area contributed by atoms with Crippen LogP contribution in [0.3, 0.4) is 0 Å². The molecule has 2 rings (SSSR count). The van der Waals surface area contributed by atoms with Crippen molar-refractivity contribution in [1.29, 1.82) is 0 Å². The van der Waals surface area contributed by atoms with Gasteiger partial charge in [0.15, 0.2) is 0 Å². The van der Waals surface area contributed by atoms with Gasteiger partial charge in [-0.25, -0.2) is 4.79 Å². The zero-order valence-electron chi connectivity index (χ0n) is 14.5. The van der Waals surface area contributed by atoms with E-state index in [1.54, 1.807) is 13.8 Å². The van der Waals surface area contributed by atoms with Gasteiger partial charge in [0, 0.05) is 5.57 Å². The van der Waals surface area contributed by atoms with Crippen molar-refractivity contribution in [3.05, 3.63) is 54.6 Å². The average Bonchev–Trinajstić information content (AvgIpc) is 2.57. The number of carbonyl (C=O) groups excluding carboxylic acids is 1. The third-order valence-corrected chi connectivity index (χ3v) is 3.48. The number of esters is 1. The minimum atomic E-state index is -0.397. The molecule has 128 valence electrons. The monoisotopic (exact) mass is 328 g/mol. The Balaban J connectivity index is 1.76. The topological polar surface area (TPSA) is 44.8 Å². The highest BCUT2D eigenvalue weighted by Gasteiger charge is 2.12. The van der Waals surface area contributed by atoms with Crippen LogP contribution >= 0.6 is 0 Å². The van der Waals surface area contributed by atoms with Gasteiger partial charge in [-0.05, 0) is 43.7 Å². The summed E-state index contributed by atoms with van der Waals surface area (Å²) in [5.74, 6) is 0.414. The Labute approximate surface area is 143 Å². The zero-order chi connectivity index (χ0) is 17.5. The second kappa shape index (κ2) is 8.50. The Kier molecular flexibility index (Phi) is 6.38. The molecule has 0 aliphatic heterocycles. The van der Waals surface area contributed by atoms with Crippen LogP contribution in [0, 0.1) is 0 Å². The van der Waals surface area contributed by atoms with Gasteiger partial charge in [0.05, 0.1) is 12.7 Å². The molecule has 0 radical (unpaired) electrons. The van der Waals surface area contributed by atoms with Gasteiger partial charge in [-0.2, -0.15) is 0 Å². The quantitative estimate of drug-likeness (QED) is 0.540. The summed E-state index contributed by atoms with van der Waals surface area (Å²) in [5.41, 5.74) is 0.384. The maximum atomic E-state index is 11.4. The molecule has 4 heteroatoms. The van der Waals surface area contributed by atoms with Gasteiger partial charge in [-0.1, -0.05) is 36.9 Å². The van der Waals surface area contributed by atoms with E-state index in [9.17, 15) is 4.79 Å². The number of hydrogen-bond donors (Lipinski definition) is 0. The molecule has 0 heterocycles. The summed E-state index contributed by atoms with van der Waals surface area (Å²) in [6, 6.07) is 14.1. The lowest BCUT2D eigenvalue weighted by atomic mass is 10.1. The fourth-order valence-corrected chi connectivity index (χ4v) is 2.14. The largest absolute Gasteiger partial charge is 0.491 e. The first-order chi connectivity index (χ1) is 11.5. The van der Waals surface area contributed by atoms with E-state index in [1.165, 1.54) is 5.39 Å². The van der Waals surface area contributed by atoms with E-state index in [0.29, 0.717) is 18.8 Å². The first-order valence-electron chi connectivity index (χ1n) is 8.05. The van der Waals surface area contributed by atoms with Crippen molar-refractivity contribution in [3.8, 4) is 5.75 Å². The van der Waals surface area contributed by atoms with Crippen molar-refractivity contribution >= 4 is 16.7 Å². The van der Waals surface area contributed by atoms with E-state index in [4.69, 9.17) is 14.2 Å². The molecule has 0 spiro atoms. The van der Waals surface area contributed by atoms with Crippen LogP contribution in [0.2, 0.25) is 0 Å². The first kappa shape index (κ1) is 18.0. The highest BCUT2D eigenvalue weighted by atomic mass is 16.6. The molecule has 0 N–H and O–H groups in total. The highest BCUT2D eigenvalue weighted by molar-refractivity contribution is 5.87. The van der Waals surface area contributed by atoms with Gasteiger partial charge < -0.3 is 14.2 Å². The SMILES string of the molecule is C=C(C)C(=O)OC(C)COC(C)COc1ccc2ccccc2c1. The molecule has 0 aromatic heterocycles. The first-order valence-corrected chi connectivity index (χ1v) is 8.05. The standard InChI is InChI=1S/C20H24O4/c1-14(2)20(21)24-16(4)13-22-15(3)12-23-19-10-9-17-7-5-6-8-18(17)11-19/h5-11,15-16H,1,12-13H2,2-4H3. The van der Waals surface area contributed by atoms with Gasteiger partial charge in [-0.15, -0.1) is 0 Å². The zero-order valence-corrected chi connectivity index (χ0v) is 14.5. The normalized spacial score (nSPS) is 13.3. The molecular formula is C20H24O4. The molecule has 24 heavy (non-hydrogen) atoms. The summed E-state index contributed by atoms with van der Waals surface area (Å²) >= 11 is 0. The van der Waals surface area contributed by atoms with Crippen molar-refractivity contribution in [2.75, 3.05) is 13.2 Å². The van der Waals surface area contributed by atoms with Crippen LogP contribution in [-0.4, -0.2) is 31.4 Å². The molecule has 2 atom stereocenters. The van der Waals surface area contributed by atoms with Gasteiger partial charge in [-0.3, -0.25) is 0 Å². The number of benzene rings is 2. The molecule has 4 nitrogen and oxygen atoms in total. The summed E-state index contributed by atoms with van der Waals surface area (Å²) in [6.45, 7) is 9.64.